The maximum atomic E-state index is 12.4. The Kier molecular flexibility index (Phi) is 4.60. The molecule has 1 fully saturated rings. The smallest absolute Gasteiger partial charge is 0.244 e. The fraction of sp³-hybridized carbons (Fsp3) is 0.429. The minimum Gasteiger partial charge on any atom is -0.339 e. The molecule has 0 aromatic heterocycles. The van der Waals surface area contributed by atoms with Crippen molar-refractivity contribution in [2.24, 2.45) is 0 Å². The van der Waals surface area contributed by atoms with Gasteiger partial charge in [-0.25, -0.2) is 8.42 Å². The Balaban J connectivity index is 2.06. The summed E-state index contributed by atoms with van der Waals surface area (Å²) in [4.78, 5) is 14.0. The number of hydrogen-bond acceptors (Lipinski definition) is 4. The highest BCUT2D eigenvalue weighted by Gasteiger charge is 2.30. The first-order chi connectivity index (χ1) is 9.93. The van der Waals surface area contributed by atoms with E-state index in [1.165, 1.54) is 4.31 Å². The molecule has 0 radical (unpaired) electrons. The molecule has 1 aliphatic rings. The number of hydrogen-bond donors (Lipinski definition) is 0. The maximum Gasteiger partial charge on any atom is 0.244 e. The molecule has 0 saturated carbocycles. The van der Waals surface area contributed by atoms with Crippen molar-refractivity contribution in [3.63, 3.8) is 0 Å². The van der Waals surface area contributed by atoms with E-state index in [0.717, 1.165) is 6.26 Å². The number of benzene rings is 1. The number of carbonyl (C=O) groups is 1. The molecule has 0 aliphatic carbocycles. The number of nitrogens with zero attached hydrogens (tertiary/aromatic N) is 3. The van der Waals surface area contributed by atoms with Gasteiger partial charge in [-0.3, -0.25) is 4.79 Å². The summed E-state index contributed by atoms with van der Waals surface area (Å²) in [7, 11) is -3.22. The van der Waals surface area contributed by atoms with Gasteiger partial charge in [-0.1, -0.05) is 30.3 Å². The number of rotatable bonds is 3. The van der Waals surface area contributed by atoms with Gasteiger partial charge >= 0.3 is 0 Å². The first-order valence-corrected chi connectivity index (χ1v) is 8.47. The molecule has 2 rings (SSSR count). The second kappa shape index (κ2) is 6.24. The summed E-state index contributed by atoms with van der Waals surface area (Å²) >= 11 is 0. The molecule has 1 aliphatic heterocycles. The summed E-state index contributed by atoms with van der Waals surface area (Å²) in [5.41, 5.74) is 0.663. The first-order valence-electron chi connectivity index (χ1n) is 6.62. The lowest BCUT2D eigenvalue weighted by atomic mass is 9.99. The van der Waals surface area contributed by atoms with Gasteiger partial charge in [0, 0.05) is 26.2 Å². The van der Waals surface area contributed by atoms with Gasteiger partial charge in [-0.2, -0.15) is 9.57 Å². The van der Waals surface area contributed by atoms with Crippen LogP contribution < -0.4 is 0 Å². The van der Waals surface area contributed by atoms with Crippen LogP contribution in [-0.4, -0.2) is 56.0 Å². The highest BCUT2D eigenvalue weighted by molar-refractivity contribution is 7.88. The number of nitriles is 1. The Morgan fingerprint density at radius 2 is 1.76 bits per heavy atom. The summed E-state index contributed by atoms with van der Waals surface area (Å²) in [5, 5.41) is 9.26. The number of amides is 1. The lowest BCUT2D eigenvalue weighted by Crippen LogP contribution is -2.51. The predicted molar refractivity (Wildman–Crippen MR) is 77.8 cm³/mol. The largest absolute Gasteiger partial charge is 0.339 e. The fourth-order valence-electron chi connectivity index (χ4n) is 2.34. The van der Waals surface area contributed by atoms with Gasteiger partial charge < -0.3 is 4.90 Å². The van der Waals surface area contributed by atoms with E-state index in [1.54, 1.807) is 29.2 Å². The first kappa shape index (κ1) is 15.5. The average molecular weight is 307 g/mol. The Bertz CT molecular complexity index is 644. The van der Waals surface area contributed by atoms with Crippen LogP contribution >= 0.6 is 0 Å². The quantitative estimate of drug-likeness (QED) is 0.809. The van der Waals surface area contributed by atoms with Crippen molar-refractivity contribution in [2.75, 3.05) is 32.4 Å². The van der Waals surface area contributed by atoms with Crippen molar-refractivity contribution in [1.29, 1.82) is 5.26 Å². The minimum absolute atomic E-state index is 0.267. The molecule has 21 heavy (non-hydrogen) atoms. The predicted octanol–water partition coefficient (Wildman–Crippen LogP) is 0.398. The summed E-state index contributed by atoms with van der Waals surface area (Å²) in [6.07, 6.45) is 1.16. The molecule has 1 heterocycles. The normalized spacial score (nSPS) is 18.0. The third-order valence-corrected chi connectivity index (χ3v) is 4.83. The van der Waals surface area contributed by atoms with Gasteiger partial charge in [0.05, 0.1) is 12.3 Å². The molecule has 6 nitrogen and oxygen atoms in total. The van der Waals surface area contributed by atoms with Crippen molar-refractivity contribution < 1.29 is 13.2 Å². The monoisotopic (exact) mass is 307 g/mol. The zero-order valence-corrected chi connectivity index (χ0v) is 12.6. The van der Waals surface area contributed by atoms with E-state index in [-0.39, 0.29) is 19.0 Å². The highest BCUT2D eigenvalue weighted by atomic mass is 32.2. The SMILES string of the molecule is CS(=O)(=O)N1CCN(C(=O)C(C#N)c2ccccc2)CC1. The number of sulfonamides is 1. The van der Waals surface area contributed by atoms with Gasteiger partial charge in [0.25, 0.3) is 0 Å². The molecule has 1 unspecified atom stereocenters. The van der Waals surface area contributed by atoms with E-state index in [4.69, 9.17) is 0 Å². The summed E-state index contributed by atoms with van der Waals surface area (Å²) in [6, 6.07) is 10.9. The van der Waals surface area contributed by atoms with Crippen LogP contribution in [0.5, 0.6) is 0 Å². The molecular formula is C14H17N3O3S. The zero-order valence-electron chi connectivity index (χ0n) is 11.8. The molecule has 1 aromatic rings. The lowest BCUT2D eigenvalue weighted by Gasteiger charge is -2.34. The Morgan fingerprint density at radius 3 is 2.24 bits per heavy atom. The van der Waals surface area contributed by atoms with E-state index >= 15 is 0 Å². The van der Waals surface area contributed by atoms with Gasteiger partial charge in [0.2, 0.25) is 15.9 Å². The molecule has 0 N–H and O–H groups in total. The Labute approximate surface area is 124 Å². The molecule has 0 bridgehead atoms. The van der Waals surface area contributed by atoms with E-state index in [1.807, 2.05) is 12.1 Å². The third kappa shape index (κ3) is 3.60. The van der Waals surface area contributed by atoms with Crippen LogP contribution in [0.25, 0.3) is 0 Å². The summed E-state index contributed by atoms with van der Waals surface area (Å²) in [5.74, 6) is -1.10. The molecule has 1 aromatic carbocycles. The second-order valence-electron chi connectivity index (χ2n) is 4.96. The molecule has 1 amide bonds. The number of carbonyl (C=O) groups excluding carboxylic acids is 1. The standard InChI is InChI=1S/C14H17N3O3S/c1-21(19,20)17-9-7-16(8-10-17)14(18)13(11-15)12-5-3-2-4-6-12/h2-6,13H,7-10H2,1H3. The van der Waals surface area contributed by atoms with Gasteiger partial charge in [-0.15, -0.1) is 0 Å². The maximum absolute atomic E-state index is 12.4. The van der Waals surface area contributed by atoms with E-state index < -0.39 is 15.9 Å². The van der Waals surface area contributed by atoms with Crippen LogP contribution in [0, 0.1) is 11.3 Å². The second-order valence-corrected chi connectivity index (χ2v) is 6.94. The minimum atomic E-state index is -3.22. The fourth-order valence-corrected chi connectivity index (χ4v) is 3.17. The molecule has 112 valence electrons. The molecule has 1 atom stereocenters. The Morgan fingerprint density at radius 1 is 1.19 bits per heavy atom. The van der Waals surface area contributed by atoms with Crippen LogP contribution in [0.1, 0.15) is 11.5 Å². The molecular weight excluding hydrogens is 290 g/mol. The molecule has 1 saturated heterocycles. The highest BCUT2D eigenvalue weighted by Crippen LogP contribution is 2.19. The lowest BCUT2D eigenvalue weighted by molar-refractivity contribution is -0.132. The van der Waals surface area contributed by atoms with Gasteiger partial charge in [-0.05, 0) is 5.56 Å². The van der Waals surface area contributed by atoms with Crippen LogP contribution in [-0.2, 0) is 14.8 Å². The van der Waals surface area contributed by atoms with Gasteiger partial charge in [0.15, 0.2) is 0 Å². The van der Waals surface area contributed by atoms with Crippen molar-refractivity contribution in [2.45, 2.75) is 5.92 Å². The van der Waals surface area contributed by atoms with Crippen molar-refractivity contribution in [3.8, 4) is 6.07 Å². The molecule has 7 heteroatoms. The third-order valence-electron chi connectivity index (χ3n) is 3.53. The van der Waals surface area contributed by atoms with Crippen LogP contribution in [0.4, 0.5) is 0 Å². The van der Waals surface area contributed by atoms with E-state index in [9.17, 15) is 18.5 Å². The Hall–Kier alpha value is -1.91. The van der Waals surface area contributed by atoms with E-state index in [0.29, 0.717) is 18.7 Å². The van der Waals surface area contributed by atoms with Crippen molar-refractivity contribution >= 4 is 15.9 Å². The van der Waals surface area contributed by atoms with E-state index in [2.05, 4.69) is 0 Å². The van der Waals surface area contributed by atoms with Crippen LogP contribution in [0.3, 0.4) is 0 Å². The number of piperazine rings is 1. The van der Waals surface area contributed by atoms with Gasteiger partial charge in [0.1, 0.15) is 5.92 Å². The van der Waals surface area contributed by atoms with Crippen molar-refractivity contribution in [3.05, 3.63) is 35.9 Å². The summed E-state index contributed by atoms with van der Waals surface area (Å²) in [6.45, 7) is 1.18. The summed E-state index contributed by atoms with van der Waals surface area (Å²) < 4.78 is 24.2. The topological polar surface area (TPSA) is 81.5 Å². The average Bonchev–Trinajstić information content (AvgIpc) is 2.48. The molecule has 0 spiro atoms. The van der Waals surface area contributed by atoms with Crippen LogP contribution in [0.15, 0.2) is 30.3 Å². The van der Waals surface area contributed by atoms with Crippen LogP contribution in [0.2, 0.25) is 0 Å². The zero-order chi connectivity index (χ0) is 15.5. The van der Waals surface area contributed by atoms with Crippen molar-refractivity contribution in [1.82, 2.24) is 9.21 Å².